The zero-order chi connectivity index (χ0) is 16.0. The normalized spacial score (nSPS) is 20.8. The maximum Gasteiger partial charge on any atom is 0.491 e. The first kappa shape index (κ1) is 15.6. The molecule has 3 rings (SSSR count). The second kappa shape index (κ2) is 5.40. The third kappa shape index (κ3) is 2.57. The zero-order valence-corrected chi connectivity index (χ0v) is 14.2. The van der Waals surface area contributed by atoms with E-state index in [0.717, 1.165) is 16.8 Å². The fourth-order valence-corrected chi connectivity index (χ4v) is 2.58. The standard InChI is InChI=1S/C15H20BN3O2S/c1-14(2)15(3,4)21-16(20-14)11(10-22)7-12-8-18-13-9-17-5-6-19(12)13/h5-9,22H,10H2,1-4H3. The average molecular weight is 317 g/mol. The minimum absolute atomic E-state index is 0.358. The Kier molecular flexibility index (Phi) is 3.83. The molecule has 0 radical (unpaired) electrons. The highest BCUT2D eigenvalue weighted by Gasteiger charge is 2.52. The van der Waals surface area contributed by atoms with Gasteiger partial charge in [-0.2, -0.15) is 12.6 Å². The number of rotatable bonds is 3. The lowest BCUT2D eigenvalue weighted by atomic mass is 9.78. The van der Waals surface area contributed by atoms with Crippen LogP contribution in [0.5, 0.6) is 0 Å². The highest BCUT2D eigenvalue weighted by atomic mass is 32.1. The number of aromatic nitrogens is 3. The van der Waals surface area contributed by atoms with Crippen LogP contribution in [0.2, 0.25) is 0 Å². The van der Waals surface area contributed by atoms with E-state index in [4.69, 9.17) is 9.31 Å². The molecule has 116 valence electrons. The van der Waals surface area contributed by atoms with Gasteiger partial charge in [0.1, 0.15) is 0 Å². The Morgan fingerprint density at radius 1 is 1.27 bits per heavy atom. The van der Waals surface area contributed by atoms with Gasteiger partial charge >= 0.3 is 7.12 Å². The summed E-state index contributed by atoms with van der Waals surface area (Å²) in [6, 6.07) is 0. The summed E-state index contributed by atoms with van der Waals surface area (Å²) in [4.78, 5) is 8.41. The van der Waals surface area contributed by atoms with Gasteiger partial charge in [0.05, 0.1) is 29.3 Å². The van der Waals surface area contributed by atoms with Crippen LogP contribution in [0.3, 0.4) is 0 Å². The van der Waals surface area contributed by atoms with Gasteiger partial charge in [-0.05, 0) is 39.2 Å². The summed E-state index contributed by atoms with van der Waals surface area (Å²) < 4.78 is 14.2. The highest BCUT2D eigenvalue weighted by molar-refractivity contribution is 7.80. The molecular formula is C15H20BN3O2S. The maximum atomic E-state index is 6.10. The predicted octanol–water partition coefficient (Wildman–Crippen LogP) is 2.67. The van der Waals surface area contributed by atoms with Gasteiger partial charge in [-0.15, -0.1) is 0 Å². The Labute approximate surface area is 136 Å². The van der Waals surface area contributed by atoms with E-state index in [-0.39, 0.29) is 11.2 Å². The highest BCUT2D eigenvalue weighted by Crippen LogP contribution is 2.39. The van der Waals surface area contributed by atoms with Gasteiger partial charge in [0.2, 0.25) is 0 Å². The van der Waals surface area contributed by atoms with E-state index in [0.29, 0.717) is 5.75 Å². The van der Waals surface area contributed by atoms with Crippen LogP contribution in [0.4, 0.5) is 0 Å². The van der Waals surface area contributed by atoms with Crippen molar-refractivity contribution in [3.05, 3.63) is 36.0 Å². The Balaban J connectivity index is 1.95. The molecule has 0 N–H and O–H groups in total. The Morgan fingerprint density at radius 2 is 1.95 bits per heavy atom. The molecule has 1 saturated heterocycles. The molecule has 7 heteroatoms. The number of fused-ring (bicyclic) bond motifs is 1. The first-order chi connectivity index (χ1) is 10.3. The lowest BCUT2D eigenvalue weighted by Gasteiger charge is -2.32. The molecule has 22 heavy (non-hydrogen) atoms. The fourth-order valence-electron chi connectivity index (χ4n) is 2.34. The topological polar surface area (TPSA) is 48.7 Å². The zero-order valence-electron chi connectivity index (χ0n) is 13.3. The van der Waals surface area contributed by atoms with E-state index < -0.39 is 7.12 Å². The molecule has 0 unspecified atom stereocenters. The summed E-state index contributed by atoms with van der Waals surface area (Å²) in [7, 11) is -0.394. The molecule has 0 atom stereocenters. The van der Waals surface area contributed by atoms with E-state index in [1.54, 1.807) is 12.4 Å². The SMILES string of the molecule is CC1(C)OB(C(=Cc2cnc3cnccn23)CS)OC1(C)C. The molecule has 3 heterocycles. The lowest BCUT2D eigenvalue weighted by molar-refractivity contribution is 0.00578. The number of nitrogens with zero attached hydrogens (tertiary/aromatic N) is 3. The number of hydrogen-bond acceptors (Lipinski definition) is 5. The van der Waals surface area contributed by atoms with Crippen molar-refractivity contribution in [3.63, 3.8) is 0 Å². The third-order valence-corrected chi connectivity index (χ3v) is 4.78. The fraction of sp³-hybridized carbons (Fsp3) is 0.467. The number of hydrogen-bond donors (Lipinski definition) is 1. The largest absolute Gasteiger partial charge is 0.491 e. The van der Waals surface area contributed by atoms with Crippen LogP contribution in [0.15, 0.2) is 30.3 Å². The minimum Gasteiger partial charge on any atom is -0.400 e. The molecular weight excluding hydrogens is 297 g/mol. The van der Waals surface area contributed by atoms with Crippen LogP contribution in [-0.2, 0) is 9.31 Å². The van der Waals surface area contributed by atoms with E-state index in [9.17, 15) is 0 Å². The van der Waals surface area contributed by atoms with Crippen molar-refractivity contribution in [2.75, 3.05) is 5.75 Å². The molecule has 0 bridgehead atoms. The van der Waals surface area contributed by atoms with Gasteiger partial charge in [0.15, 0.2) is 5.65 Å². The van der Waals surface area contributed by atoms with E-state index in [1.807, 2.05) is 50.6 Å². The Bertz CT molecular complexity index is 710. The Morgan fingerprint density at radius 3 is 2.59 bits per heavy atom. The molecule has 0 spiro atoms. The molecule has 0 aromatic carbocycles. The molecule has 0 amide bonds. The summed E-state index contributed by atoms with van der Waals surface area (Å²) in [5.74, 6) is 0.551. The summed E-state index contributed by atoms with van der Waals surface area (Å²) in [5, 5.41) is 0. The van der Waals surface area contributed by atoms with Crippen molar-refractivity contribution in [2.45, 2.75) is 38.9 Å². The molecule has 1 aliphatic rings. The predicted molar refractivity (Wildman–Crippen MR) is 90.9 cm³/mol. The van der Waals surface area contributed by atoms with Crippen molar-refractivity contribution < 1.29 is 9.31 Å². The Hall–Kier alpha value is -1.31. The van der Waals surface area contributed by atoms with E-state index in [2.05, 4.69) is 22.6 Å². The van der Waals surface area contributed by atoms with Crippen molar-refractivity contribution in [3.8, 4) is 0 Å². The van der Waals surface area contributed by atoms with Crippen LogP contribution in [0.25, 0.3) is 11.7 Å². The van der Waals surface area contributed by atoms with Crippen LogP contribution >= 0.6 is 12.6 Å². The van der Waals surface area contributed by atoms with E-state index in [1.165, 1.54) is 0 Å². The smallest absolute Gasteiger partial charge is 0.400 e. The van der Waals surface area contributed by atoms with Gasteiger partial charge in [-0.25, -0.2) is 4.98 Å². The van der Waals surface area contributed by atoms with E-state index >= 15 is 0 Å². The summed E-state index contributed by atoms with van der Waals surface area (Å²) in [6.07, 6.45) is 9.18. The van der Waals surface area contributed by atoms with Crippen molar-refractivity contribution in [1.82, 2.24) is 14.4 Å². The van der Waals surface area contributed by atoms with Gasteiger partial charge in [-0.1, -0.05) is 0 Å². The van der Waals surface area contributed by atoms with Crippen molar-refractivity contribution in [1.29, 1.82) is 0 Å². The van der Waals surface area contributed by atoms with Crippen LogP contribution in [-0.4, -0.2) is 38.4 Å². The third-order valence-electron chi connectivity index (χ3n) is 4.42. The summed E-state index contributed by atoms with van der Waals surface area (Å²) in [5.41, 5.74) is 2.02. The summed E-state index contributed by atoms with van der Waals surface area (Å²) in [6.45, 7) is 8.18. The van der Waals surface area contributed by atoms with Crippen molar-refractivity contribution >= 4 is 31.5 Å². The molecule has 1 fully saturated rings. The number of thiol groups is 1. The lowest BCUT2D eigenvalue weighted by Crippen LogP contribution is -2.41. The first-order valence-electron chi connectivity index (χ1n) is 7.28. The molecule has 1 aliphatic heterocycles. The second-order valence-corrected chi connectivity index (χ2v) is 6.77. The molecule has 0 saturated carbocycles. The molecule has 5 nitrogen and oxygen atoms in total. The second-order valence-electron chi connectivity index (χ2n) is 6.45. The molecule has 2 aromatic rings. The van der Waals surface area contributed by atoms with Gasteiger partial charge in [-0.3, -0.25) is 9.38 Å². The van der Waals surface area contributed by atoms with Gasteiger partial charge < -0.3 is 9.31 Å². The van der Waals surface area contributed by atoms with Gasteiger partial charge in [0, 0.05) is 18.1 Å². The maximum absolute atomic E-state index is 6.10. The van der Waals surface area contributed by atoms with Gasteiger partial charge in [0.25, 0.3) is 0 Å². The monoisotopic (exact) mass is 317 g/mol. The number of imidazole rings is 1. The van der Waals surface area contributed by atoms with Crippen molar-refractivity contribution in [2.24, 2.45) is 0 Å². The quantitative estimate of drug-likeness (QED) is 0.698. The average Bonchev–Trinajstić information content (AvgIpc) is 2.95. The molecule has 2 aromatic heterocycles. The van der Waals surface area contributed by atoms with Crippen LogP contribution in [0, 0.1) is 0 Å². The first-order valence-corrected chi connectivity index (χ1v) is 7.91. The van der Waals surface area contributed by atoms with Crippen LogP contribution < -0.4 is 0 Å². The summed E-state index contributed by atoms with van der Waals surface area (Å²) >= 11 is 4.44. The van der Waals surface area contributed by atoms with Crippen LogP contribution in [0.1, 0.15) is 33.4 Å². The molecule has 0 aliphatic carbocycles. The minimum atomic E-state index is -0.394.